The SMILES string of the molecule is COCCCCC1SCC2C1NC(=O)N2Cc1ccccc1. The van der Waals surface area contributed by atoms with E-state index in [-0.39, 0.29) is 6.03 Å². The number of urea groups is 1. The summed E-state index contributed by atoms with van der Waals surface area (Å²) in [5.74, 6) is 1.05. The molecule has 1 aromatic carbocycles. The van der Waals surface area contributed by atoms with Crippen LogP contribution in [-0.2, 0) is 11.3 Å². The summed E-state index contributed by atoms with van der Waals surface area (Å²) in [6.07, 6.45) is 3.44. The molecular weight excluding hydrogens is 296 g/mol. The predicted octanol–water partition coefficient (Wildman–Crippen LogP) is 2.88. The molecule has 22 heavy (non-hydrogen) atoms. The van der Waals surface area contributed by atoms with E-state index in [1.54, 1.807) is 7.11 Å². The van der Waals surface area contributed by atoms with Gasteiger partial charge in [0, 0.05) is 31.3 Å². The molecule has 2 heterocycles. The van der Waals surface area contributed by atoms with E-state index < -0.39 is 0 Å². The van der Waals surface area contributed by atoms with Crippen molar-refractivity contribution >= 4 is 17.8 Å². The zero-order chi connectivity index (χ0) is 15.4. The van der Waals surface area contributed by atoms with Gasteiger partial charge in [0.1, 0.15) is 0 Å². The third kappa shape index (κ3) is 3.41. The van der Waals surface area contributed by atoms with Crippen molar-refractivity contribution in [1.29, 1.82) is 0 Å². The van der Waals surface area contributed by atoms with Gasteiger partial charge in [0.25, 0.3) is 0 Å². The molecule has 1 aromatic rings. The van der Waals surface area contributed by atoms with Gasteiger partial charge in [0.05, 0.1) is 12.1 Å². The van der Waals surface area contributed by atoms with Crippen molar-refractivity contribution in [1.82, 2.24) is 10.2 Å². The number of amides is 2. The van der Waals surface area contributed by atoms with Crippen LogP contribution in [0.25, 0.3) is 0 Å². The molecule has 120 valence electrons. The Morgan fingerprint density at radius 3 is 2.91 bits per heavy atom. The Balaban J connectivity index is 1.57. The van der Waals surface area contributed by atoms with Crippen LogP contribution < -0.4 is 5.32 Å². The molecule has 0 aromatic heterocycles. The number of methoxy groups -OCH3 is 1. The van der Waals surface area contributed by atoms with E-state index in [0.29, 0.717) is 23.9 Å². The lowest BCUT2D eigenvalue weighted by Crippen LogP contribution is -2.37. The van der Waals surface area contributed by atoms with Crippen molar-refractivity contribution in [2.24, 2.45) is 0 Å². The molecule has 0 radical (unpaired) electrons. The first-order valence-corrected chi connectivity index (χ1v) is 9.06. The highest BCUT2D eigenvalue weighted by Crippen LogP contribution is 2.37. The first-order valence-electron chi connectivity index (χ1n) is 8.01. The second-order valence-electron chi connectivity index (χ2n) is 6.02. The molecule has 2 aliphatic rings. The van der Waals surface area contributed by atoms with Crippen LogP contribution in [0.15, 0.2) is 30.3 Å². The smallest absolute Gasteiger partial charge is 0.318 e. The lowest BCUT2D eigenvalue weighted by atomic mass is 10.0. The minimum Gasteiger partial charge on any atom is -0.385 e. The zero-order valence-electron chi connectivity index (χ0n) is 13.0. The van der Waals surface area contributed by atoms with Crippen molar-refractivity contribution < 1.29 is 9.53 Å². The molecule has 0 aliphatic carbocycles. The highest BCUT2D eigenvalue weighted by Gasteiger charge is 2.47. The maximum Gasteiger partial charge on any atom is 0.318 e. The Morgan fingerprint density at radius 1 is 1.32 bits per heavy atom. The fourth-order valence-corrected chi connectivity index (χ4v) is 4.97. The third-order valence-corrected chi connectivity index (χ3v) is 6.02. The molecule has 2 aliphatic heterocycles. The highest BCUT2D eigenvalue weighted by atomic mass is 32.2. The number of carbonyl (C=O) groups excluding carboxylic acids is 1. The number of rotatable bonds is 7. The van der Waals surface area contributed by atoms with Gasteiger partial charge < -0.3 is 15.0 Å². The zero-order valence-corrected chi connectivity index (χ0v) is 13.8. The van der Waals surface area contributed by atoms with Gasteiger partial charge in [-0.05, 0) is 24.8 Å². The molecule has 5 heteroatoms. The third-order valence-electron chi connectivity index (χ3n) is 4.53. The van der Waals surface area contributed by atoms with Crippen LogP contribution in [0, 0.1) is 0 Å². The average Bonchev–Trinajstić information content (AvgIpc) is 3.06. The van der Waals surface area contributed by atoms with E-state index in [0.717, 1.165) is 25.2 Å². The Kier molecular flexibility index (Phi) is 5.26. The number of carbonyl (C=O) groups is 1. The number of nitrogens with one attached hydrogen (secondary N) is 1. The predicted molar refractivity (Wildman–Crippen MR) is 90.1 cm³/mol. The first kappa shape index (κ1) is 15.7. The van der Waals surface area contributed by atoms with Crippen LogP contribution in [0.5, 0.6) is 0 Å². The summed E-state index contributed by atoms with van der Waals surface area (Å²) in [7, 11) is 1.75. The largest absolute Gasteiger partial charge is 0.385 e. The lowest BCUT2D eigenvalue weighted by Gasteiger charge is -2.22. The van der Waals surface area contributed by atoms with E-state index in [4.69, 9.17) is 4.74 Å². The molecule has 2 saturated heterocycles. The summed E-state index contributed by atoms with van der Waals surface area (Å²) in [6, 6.07) is 11.0. The topological polar surface area (TPSA) is 41.6 Å². The number of hydrogen-bond acceptors (Lipinski definition) is 3. The summed E-state index contributed by atoms with van der Waals surface area (Å²) in [4.78, 5) is 14.3. The van der Waals surface area contributed by atoms with E-state index in [9.17, 15) is 4.79 Å². The average molecular weight is 320 g/mol. The molecule has 2 fully saturated rings. The fourth-order valence-electron chi connectivity index (χ4n) is 3.35. The summed E-state index contributed by atoms with van der Waals surface area (Å²) in [6.45, 7) is 1.54. The highest BCUT2D eigenvalue weighted by molar-refractivity contribution is 8.00. The number of ether oxygens (including phenoxy) is 1. The molecule has 3 unspecified atom stereocenters. The Bertz CT molecular complexity index is 497. The van der Waals surface area contributed by atoms with Crippen molar-refractivity contribution in [2.75, 3.05) is 19.5 Å². The summed E-state index contributed by atoms with van der Waals surface area (Å²) in [5.41, 5.74) is 1.20. The number of unbranched alkanes of at least 4 members (excludes halogenated alkanes) is 1. The molecule has 3 atom stereocenters. The molecule has 0 saturated carbocycles. The van der Waals surface area contributed by atoms with Crippen LogP contribution in [0.3, 0.4) is 0 Å². The quantitative estimate of drug-likeness (QED) is 0.620. The number of nitrogens with zero attached hydrogens (tertiary/aromatic N) is 1. The van der Waals surface area contributed by atoms with Crippen molar-refractivity contribution in [2.45, 2.75) is 43.1 Å². The van der Waals surface area contributed by atoms with Crippen LogP contribution >= 0.6 is 11.8 Å². The van der Waals surface area contributed by atoms with Gasteiger partial charge >= 0.3 is 6.03 Å². The molecule has 0 spiro atoms. The van der Waals surface area contributed by atoms with E-state index >= 15 is 0 Å². The van der Waals surface area contributed by atoms with Crippen molar-refractivity contribution in [3.63, 3.8) is 0 Å². The Hall–Kier alpha value is -1.20. The van der Waals surface area contributed by atoms with Crippen LogP contribution in [0.4, 0.5) is 4.79 Å². The van der Waals surface area contributed by atoms with Gasteiger partial charge in [0.2, 0.25) is 0 Å². The number of thioether (sulfide) groups is 1. The lowest BCUT2D eigenvalue weighted by molar-refractivity contribution is 0.191. The van der Waals surface area contributed by atoms with Gasteiger partial charge in [-0.25, -0.2) is 4.79 Å². The van der Waals surface area contributed by atoms with E-state index in [1.165, 1.54) is 12.0 Å². The fraction of sp³-hybridized carbons (Fsp3) is 0.588. The van der Waals surface area contributed by atoms with Crippen molar-refractivity contribution in [3.8, 4) is 0 Å². The maximum atomic E-state index is 12.3. The van der Waals surface area contributed by atoms with E-state index in [1.807, 2.05) is 34.9 Å². The van der Waals surface area contributed by atoms with Crippen LogP contribution in [0.2, 0.25) is 0 Å². The molecular formula is C17H24N2O2S. The summed E-state index contributed by atoms with van der Waals surface area (Å²) < 4.78 is 5.11. The normalized spacial score (nSPS) is 27.0. The second kappa shape index (κ2) is 7.38. The molecule has 2 amide bonds. The summed E-state index contributed by atoms with van der Waals surface area (Å²) in [5, 5.41) is 3.76. The van der Waals surface area contributed by atoms with Gasteiger partial charge in [0.15, 0.2) is 0 Å². The minimum atomic E-state index is 0.0982. The molecule has 3 rings (SSSR count). The number of benzene rings is 1. The second-order valence-corrected chi connectivity index (χ2v) is 7.29. The maximum absolute atomic E-state index is 12.3. The first-order chi connectivity index (χ1) is 10.8. The Morgan fingerprint density at radius 2 is 2.14 bits per heavy atom. The summed E-state index contributed by atoms with van der Waals surface area (Å²) >= 11 is 2.01. The number of hydrogen-bond donors (Lipinski definition) is 1. The van der Waals surface area contributed by atoms with Gasteiger partial charge in [-0.15, -0.1) is 0 Å². The number of fused-ring (bicyclic) bond motifs is 1. The standard InChI is InChI=1S/C17H24N2O2S/c1-21-10-6-5-9-15-16-14(12-22-15)19(17(20)18-16)11-13-7-3-2-4-8-13/h2-4,7-8,14-16H,5-6,9-12H2,1H3,(H,18,20). The van der Waals surface area contributed by atoms with Gasteiger partial charge in [-0.2, -0.15) is 11.8 Å². The Labute approximate surface area is 136 Å². The van der Waals surface area contributed by atoms with Crippen LogP contribution in [-0.4, -0.2) is 47.7 Å². The minimum absolute atomic E-state index is 0.0982. The van der Waals surface area contributed by atoms with Crippen LogP contribution in [0.1, 0.15) is 24.8 Å². The molecule has 1 N–H and O–H groups in total. The van der Waals surface area contributed by atoms with E-state index in [2.05, 4.69) is 17.4 Å². The monoisotopic (exact) mass is 320 g/mol. The van der Waals surface area contributed by atoms with Gasteiger partial charge in [-0.1, -0.05) is 30.3 Å². The molecule has 4 nitrogen and oxygen atoms in total. The van der Waals surface area contributed by atoms with Crippen molar-refractivity contribution in [3.05, 3.63) is 35.9 Å². The van der Waals surface area contributed by atoms with Gasteiger partial charge in [-0.3, -0.25) is 0 Å². The molecule has 0 bridgehead atoms.